The van der Waals surface area contributed by atoms with Gasteiger partial charge in [0.15, 0.2) is 5.16 Å². The van der Waals surface area contributed by atoms with E-state index in [4.69, 9.17) is 16.3 Å². The summed E-state index contributed by atoms with van der Waals surface area (Å²) in [4.78, 5) is 17.8. The number of aromatic nitrogens is 3. The van der Waals surface area contributed by atoms with Crippen LogP contribution in [0.25, 0.3) is 0 Å². The van der Waals surface area contributed by atoms with Gasteiger partial charge in [-0.25, -0.2) is 9.07 Å². The number of hydrogen-bond donors (Lipinski definition) is 1. The van der Waals surface area contributed by atoms with Crippen molar-refractivity contribution in [2.24, 2.45) is 0 Å². The second-order valence-corrected chi connectivity index (χ2v) is 8.08. The predicted molar refractivity (Wildman–Crippen MR) is 122 cm³/mol. The summed E-state index contributed by atoms with van der Waals surface area (Å²) in [5.74, 6) is 0.0345. The summed E-state index contributed by atoms with van der Waals surface area (Å²) in [6.45, 7) is 0.376. The number of carbonyl (C=O) groups is 1. The van der Waals surface area contributed by atoms with Crippen LogP contribution in [0.2, 0.25) is 5.28 Å². The summed E-state index contributed by atoms with van der Waals surface area (Å²) in [6, 6.07) is 20.5. The molecule has 0 fully saturated rings. The molecule has 6 nitrogen and oxygen atoms in total. The minimum Gasteiger partial charge on any atom is -0.497 e. The van der Waals surface area contributed by atoms with Gasteiger partial charge in [0.1, 0.15) is 11.6 Å². The Bertz CT molecular complexity index is 1250. The lowest BCUT2D eigenvalue weighted by atomic mass is 10.2. The van der Waals surface area contributed by atoms with Crippen LogP contribution >= 0.6 is 23.4 Å². The summed E-state index contributed by atoms with van der Waals surface area (Å²) < 4.78 is 20.0. The third-order valence-electron chi connectivity index (χ3n) is 4.53. The maximum atomic E-state index is 13.2. The van der Waals surface area contributed by atoms with Crippen molar-refractivity contribution in [2.75, 3.05) is 12.4 Å². The topological polar surface area (TPSA) is 69.0 Å². The average Bonchev–Trinajstić information content (AvgIpc) is 3.15. The molecule has 9 heteroatoms. The molecule has 0 saturated heterocycles. The van der Waals surface area contributed by atoms with E-state index in [1.807, 2.05) is 24.3 Å². The number of rotatable bonds is 7. The second kappa shape index (κ2) is 9.84. The molecule has 0 bridgehead atoms. The molecule has 1 amide bonds. The first-order valence-corrected chi connectivity index (χ1v) is 10.8. The van der Waals surface area contributed by atoms with E-state index in [-0.39, 0.29) is 17.0 Å². The molecule has 0 aliphatic heterocycles. The Kier molecular flexibility index (Phi) is 6.72. The highest BCUT2D eigenvalue weighted by Gasteiger charge is 2.15. The quantitative estimate of drug-likeness (QED) is 0.386. The molecule has 162 valence electrons. The molecule has 0 radical (unpaired) electrons. The number of anilines is 1. The van der Waals surface area contributed by atoms with Crippen molar-refractivity contribution < 1.29 is 13.9 Å². The number of ether oxygens (including phenoxy) is 1. The molecule has 1 heterocycles. The molecule has 0 atom stereocenters. The van der Waals surface area contributed by atoms with E-state index in [1.165, 1.54) is 23.9 Å². The minimum atomic E-state index is -0.305. The number of methoxy groups -OCH3 is 1. The lowest BCUT2D eigenvalue weighted by Gasteiger charge is -2.11. The van der Waals surface area contributed by atoms with Gasteiger partial charge in [-0.15, -0.1) is 5.10 Å². The van der Waals surface area contributed by atoms with Crippen molar-refractivity contribution in [1.82, 2.24) is 14.8 Å². The highest BCUT2D eigenvalue weighted by atomic mass is 35.5. The van der Waals surface area contributed by atoms with Crippen LogP contribution in [0, 0.1) is 5.82 Å². The standard InChI is InChI=1S/C23H18ClFN4O2S/c1-31-18-6-4-5-16(13-18)21(30)26-19-7-2-3-8-20(19)32-23-27-22(24)28-29(23)14-15-9-11-17(25)12-10-15/h2-13H,14H2,1H3,(H,26,30). The van der Waals surface area contributed by atoms with Crippen molar-refractivity contribution in [1.29, 1.82) is 0 Å². The molecule has 0 aliphatic carbocycles. The van der Waals surface area contributed by atoms with Crippen LogP contribution in [0.5, 0.6) is 5.75 Å². The third kappa shape index (κ3) is 5.27. The van der Waals surface area contributed by atoms with Gasteiger partial charge in [0.05, 0.1) is 19.3 Å². The van der Waals surface area contributed by atoms with Crippen LogP contribution in [-0.4, -0.2) is 27.8 Å². The van der Waals surface area contributed by atoms with E-state index in [0.717, 1.165) is 10.5 Å². The Morgan fingerprint density at radius 1 is 1.12 bits per heavy atom. The Labute approximate surface area is 193 Å². The zero-order chi connectivity index (χ0) is 22.5. The Morgan fingerprint density at radius 3 is 2.69 bits per heavy atom. The van der Waals surface area contributed by atoms with Crippen molar-refractivity contribution in [3.8, 4) is 5.75 Å². The average molecular weight is 469 g/mol. The monoisotopic (exact) mass is 468 g/mol. The molecule has 4 rings (SSSR count). The molecule has 0 aliphatic rings. The molecule has 0 saturated carbocycles. The number of amides is 1. The summed E-state index contributed by atoms with van der Waals surface area (Å²) in [5.41, 5.74) is 1.96. The van der Waals surface area contributed by atoms with Crippen LogP contribution < -0.4 is 10.1 Å². The first kappa shape index (κ1) is 21.9. The fourth-order valence-corrected chi connectivity index (χ4v) is 4.10. The van der Waals surface area contributed by atoms with E-state index >= 15 is 0 Å². The van der Waals surface area contributed by atoms with Gasteiger partial charge in [-0.2, -0.15) is 4.98 Å². The number of para-hydroxylation sites is 1. The smallest absolute Gasteiger partial charge is 0.255 e. The number of hydrogen-bond acceptors (Lipinski definition) is 5. The molecular formula is C23H18ClFN4O2S. The maximum absolute atomic E-state index is 13.2. The van der Waals surface area contributed by atoms with Gasteiger partial charge in [0.2, 0.25) is 5.28 Å². The molecule has 0 spiro atoms. The van der Waals surface area contributed by atoms with Crippen LogP contribution in [-0.2, 0) is 6.54 Å². The third-order valence-corrected chi connectivity index (χ3v) is 5.75. The molecule has 4 aromatic rings. The summed E-state index contributed by atoms with van der Waals surface area (Å²) in [6.07, 6.45) is 0. The SMILES string of the molecule is COc1cccc(C(=O)Nc2ccccc2Sc2nc(Cl)nn2Cc2ccc(F)cc2)c1. The van der Waals surface area contributed by atoms with Gasteiger partial charge in [-0.1, -0.05) is 30.3 Å². The highest BCUT2D eigenvalue weighted by Crippen LogP contribution is 2.33. The lowest BCUT2D eigenvalue weighted by molar-refractivity contribution is 0.102. The van der Waals surface area contributed by atoms with Crippen molar-refractivity contribution >= 4 is 35.0 Å². The fourth-order valence-electron chi connectivity index (χ4n) is 2.96. The first-order valence-electron chi connectivity index (χ1n) is 9.59. The van der Waals surface area contributed by atoms with E-state index in [9.17, 15) is 9.18 Å². The molecular weight excluding hydrogens is 451 g/mol. The van der Waals surface area contributed by atoms with Crippen LogP contribution in [0.15, 0.2) is 82.8 Å². The van der Waals surface area contributed by atoms with Crippen molar-refractivity contribution in [3.63, 3.8) is 0 Å². The highest BCUT2D eigenvalue weighted by molar-refractivity contribution is 7.99. The van der Waals surface area contributed by atoms with Gasteiger partial charge in [-0.3, -0.25) is 4.79 Å². The second-order valence-electron chi connectivity index (χ2n) is 6.73. The van der Waals surface area contributed by atoms with Crippen molar-refractivity contribution in [2.45, 2.75) is 16.6 Å². The van der Waals surface area contributed by atoms with E-state index < -0.39 is 0 Å². The fraction of sp³-hybridized carbons (Fsp3) is 0.0870. The number of nitrogens with zero attached hydrogens (tertiary/aromatic N) is 3. The van der Waals surface area contributed by atoms with Crippen LogP contribution in [0.1, 0.15) is 15.9 Å². The van der Waals surface area contributed by atoms with Crippen molar-refractivity contribution in [3.05, 3.63) is 95.0 Å². The maximum Gasteiger partial charge on any atom is 0.255 e. The predicted octanol–water partition coefficient (Wildman–Crippen LogP) is 5.53. The number of halogens is 2. The molecule has 1 aromatic heterocycles. The van der Waals surface area contributed by atoms with Gasteiger partial charge in [-0.05, 0) is 71.4 Å². The van der Waals surface area contributed by atoms with E-state index in [0.29, 0.717) is 28.7 Å². The van der Waals surface area contributed by atoms with Gasteiger partial charge in [0, 0.05) is 10.5 Å². The molecule has 32 heavy (non-hydrogen) atoms. The Balaban J connectivity index is 1.56. The largest absolute Gasteiger partial charge is 0.497 e. The normalized spacial score (nSPS) is 10.7. The van der Waals surface area contributed by atoms with E-state index in [1.54, 1.807) is 48.2 Å². The van der Waals surface area contributed by atoms with Gasteiger partial charge < -0.3 is 10.1 Å². The number of benzene rings is 3. The zero-order valence-corrected chi connectivity index (χ0v) is 18.5. The Hall–Kier alpha value is -3.36. The van der Waals surface area contributed by atoms with Gasteiger partial charge >= 0.3 is 0 Å². The molecule has 3 aromatic carbocycles. The summed E-state index contributed by atoms with van der Waals surface area (Å²) in [5, 5.41) is 7.82. The van der Waals surface area contributed by atoms with Crippen LogP contribution in [0.4, 0.5) is 10.1 Å². The zero-order valence-electron chi connectivity index (χ0n) is 17.0. The molecule has 1 N–H and O–H groups in total. The molecule has 0 unspecified atom stereocenters. The van der Waals surface area contributed by atoms with E-state index in [2.05, 4.69) is 15.4 Å². The van der Waals surface area contributed by atoms with Gasteiger partial charge in [0.25, 0.3) is 5.91 Å². The first-order chi connectivity index (χ1) is 15.5. The number of nitrogens with one attached hydrogen (secondary N) is 1. The summed E-state index contributed by atoms with van der Waals surface area (Å²) >= 11 is 7.38. The lowest BCUT2D eigenvalue weighted by Crippen LogP contribution is -2.12. The summed E-state index contributed by atoms with van der Waals surface area (Å²) in [7, 11) is 1.55. The minimum absolute atomic E-state index is 0.104. The number of carbonyl (C=O) groups excluding carboxylic acids is 1. The van der Waals surface area contributed by atoms with Crippen LogP contribution in [0.3, 0.4) is 0 Å². The Morgan fingerprint density at radius 2 is 1.91 bits per heavy atom.